The maximum atomic E-state index is 9.28. The number of hydrogen-bond donors (Lipinski definition) is 1. The number of phenols is 1. The molecule has 0 atom stereocenters. The molecule has 0 saturated carbocycles. The minimum absolute atomic E-state index is 0.300. The lowest BCUT2D eigenvalue weighted by Crippen LogP contribution is -1.95. The van der Waals surface area contributed by atoms with E-state index < -0.39 is 0 Å². The minimum Gasteiger partial charge on any atom is -0.508 e. The number of aromatic hydroxyl groups is 1. The average Bonchev–Trinajstić information content (AvgIpc) is 2.10. The smallest absolute Gasteiger partial charge is 0.118 e. The standard InChI is InChI=1S/C10H13NO2/c1-7-6-9(4-5-10(7)12)8(2)11-13-3/h4-6,12H,1-3H3. The highest BCUT2D eigenvalue weighted by Gasteiger charge is 2.00. The summed E-state index contributed by atoms with van der Waals surface area (Å²) in [5.41, 5.74) is 2.59. The molecule has 0 aliphatic carbocycles. The number of oxime groups is 1. The van der Waals surface area contributed by atoms with E-state index in [1.54, 1.807) is 12.1 Å². The van der Waals surface area contributed by atoms with Crippen LogP contribution in [0.5, 0.6) is 5.75 Å². The summed E-state index contributed by atoms with van der Waals surface area (Å²) in [6, 6.07) is 5.33. The van der Waals surface area contributed by atoms with Crippen molar-refractivity contribution < 1.29 is 9.94 Å². The van der Waals surface area contributed by atoms with Gasteiger partial charge in [0, 0.05) is 0 Å². The molecule has 13 heavy (non-hydrogen) atoms. The van der Waals surface area contributed by atoms with Crippen LogP contribution in [0.4, 0.5) is 0 Å². The number of rotatable bonds is 2. The average molecular weight is 179 g/mol. The van der Waals surface area contributed by atoms with E-state index in [1.807, 2.05) is 19.9 Å². The molecule has 0 amide bonds. The Labute approximate surface area is 77.6 Å². The Kier molecular flexibility index (Phi) is 2.90. The van der Waals surface area contributed by atoms with Crippen LogP contribution in [-0.2, 0) is 4.84 Å². The number of hydrogen-bond acceptors (Lipinski definition) is 3. The van der Waals surface area contributed by atoms with E-state index in [-0.39, 0.29) is 0 Å². The zero-order valence-electron chi connectivity index (χ0n) is 8.03. The Balaban J connectivity index is 3.04. The fraction of sp³-hybridized carbons (Fsp3) is 0.300. The Hall–Kier alpha value is -1.51. The third-order valence-corrected chi connectivity index (χ3v) is 1.84. The predicted octanol–water partition coefficient (Wildman–Crippen LogP) is 2.07. The predicted molar refractivity (Wildman–Crippen MR) is 52.1 cm³/mol. The third-order valence-electron chi connectivity index (χ3n) is 1.84. The van der Waals surface area contributed by atoms with E-state index >= 15 is 0 Å². The molecule has 0 heterocycles. The molecule has 1 aromatic carbocycles. The monoisotopic (exact) mass is 179 g/mol. The summed E-state index contributed by atoms with van der Waals surface area (Å²) in [5.74, 6) is 0.300. The van der Waals surface area contributed by atoms with Gasteiger partial charge in [-0.15, -0.1) is 0 Å². The molecule has 0 unspecified atom stereocenters. The van der Waals surface area contributed by atoms with Crippen molar-refractivity contribution in [2.45, 2.75) is 13.8 Å². The third kappa shape index (κ3) is 2.21. The van der Waals surface area contributed by atoms with Gasteiger partial charge in [0.25, 0.3) is 0 Å². The Morgan fingerprint density at radius 2 is 2.15 bits per heavy atom. The molecular weight excluding hydrogens is 166 g/mol. The van der Waals surface area contributed by atoms with Crippen molar-refractivity contribution in [1.82, 2.24) is 0 Å². The molecule has 1 rings (SSSR count). The second-order valence-corrected chi connectivity index (χ2v) is 2.86. The van der Waals surface area contributed by atoms with Crippen molar-refractivity contribution in [1.29, 1.82) is 0 Å². The molecule has 0 bridgehead atoms. The lowest BCUT2D eigenvalue weighted by Gasteiger charge is -2.02. The van der Waals surface area contributed by atoms with Crippen LogP contribution in [0.2, 0.25) is 0 Å². The van der Waals surface area contributed by atoms with Crippen molar-refractivity contribution in [3.63, 3.8) is 0 Å². The lowest BCUT2D eigenvalue weighted by atomic mass is 10.1. The summed E-state index contributed by atoms with van der Waals surface area (Å²) in [5, 5.41) is 13.1. The highest BCUT2D eigenvalue weighted by atomic mass is 16.6. The van der Waals surface area contributed by atoms with Crippen molar-refractivity contribution in [2.75, 3.05) is 7.11 Å². The van der Waals surface area contributed by atoms with Crippen molar-refractivity contribution in [2.24, 2.45) is 5.16 Å². The summed E-state index contributed by atoms with van der Waals surface area (Å²) in [6.07, 6.45) is 0. The molecule has 70 valence electrons. The maximum absolute atomic E-state index is 9.28. The normalized spacial score (nSPS) is 11.5. The van der Waals surface area contributed by atoms with Gasteiger partial charge in [-0.2, -0.15) is 0 Å². The van der Waals surface area contributed by atoms with Crippen LogP contribution >= 0.6 is 0 Å². The van der Waals surface area contributed by atoms with Crippen molar-refractivity contribution >= 4 is 5.71 Å². The number of aryl methyl sites for hydroxylation is 1. The number of benzene rings is 1. The first-order chi connectivity index (χ1) is 6.15. The highest BCUT2D eigenvalue weighted by molar-refractivity contribution is 5.98. The molecule has 0 spiro atoms. The summed E-state index contributed by atoms with van der Waals surface area (Å²) in [4.78, 5) is 4.65. The fourth-order valence-corrected chi connectivity index (χ4v) is 1.07. The highest BCUT2D eigenvalue weighted by Crippen LogP contribution is 2.17. The van der Waals surface area contributed by atoms with Gasteiger partial charge >= 0.3 is 0 Å². The molecular formula is C10H13NO2. The second kappa shape index (κ2) is 3.94. The molecule has 0 aliphatic heterocycles. The van der Waals surface area contributed by atoms with E-state index in [2.05, 4.69) is 9.99 Å². The molecule has 1 aromatic rings. The lowest BCUT2D eigenvalue weighted by molar-refractivity contribution is 0.213. The topological polar surface area (TPSA) is 41.8 Å². The molecule has 0 saturated heterocycles. The van der Waals surface area contributed by atoms with Gasteiger partial charge in [-0.3, -0.25) is 0 Å². The van der Waals surface area contributed by atoms with E-state index in [4.69, 9.17) is 0 Å². The summed E-state index contributed by atoms with van der Waals surface area (Å²) in [7, 11) is 1.51. The number of phenolic OH excluding ortho intramolecular Hbond substituents is 1. The van der Waals surface area contributed by atoms with Gasteiger partial charge in [-0.25, -0.2) is 0 Å². The summed E-state index contributed by atoms with van der Waals surface area (Å²) >= 11 is 0. The van der Waals surface area contributed by atoms with Gasteiger partial charge in [0.05, 0.1) is 5.71 Å². The Bertz CT molecular complexity index is 332. The van der Waals surface area contributed by atoms with Gasteiger partial charge in [-0.1, -0.05) is 5.16 Å². The van der Waals surface area contributed by atoms with Gasteiger partial charge in [0.1, 0.15) is 12.9 Å². The quantitative estimate of drug-likeness (QED) is 0.557. The Morgan fingerprint density at radius 3 is 2.69 bits per heavy atom. The molecule has 0 fully saturated rings. The van der Waals surface area contributed by atoms with Gasteiger partial charge in [-0.05, 0) is 43.2 Å². The van der Waals surface area contributed by atoms with Crippen LogP contribution in [0, 0.1) is 6.92 Å². The van der Waals surface area contributed by atoms with E-state index in [0.717, 1.165) is 16.8 Å². The first-order valence-electron chi connectivity index (χ1n) is 4.03. The summed E-state index contributed by atoms with van der Waals surface area (Å²) in [6.45, 7) is 3.70. The van der Waals surface area contributed by atoms with Crippen LogP contribution in [-0.4, -0.2) is 17.9 Å². The molecule has 0 aromatic heterocycles. The van der Waals surface area contributed by atoms with Gasteiger partial charge in [0.15, 0.2) is 0 Å². The fourth-order valence-electron chi connectivity index (χ4n) is 1.07. The van der Waals surface area contributed by atoms with Crippen molar-refractivity contribution in [3.05, 3.63) is 29.3 Å². The number of nitrogens with zero attached hydrogens (tertiary/aromatic N) is 1. The van der Waals surface area contributed by atoms with E-state index in [9.17, 15) is 5.11 Å². The van der Waals surface area contributed by atoms with E-state index in [1.165, 1.54) is 7.11 Å². The molecule has 1 N–H and O–H groups in total. The van der Waals surface area contributed by atoms with Gasteiger partial charge in [0.2, 0.25) is 0 Å². The molecule has 3 heteroatoms. The van der Waals surface area contributed by atoms with Gasteiger partial charge < -0.3 is 9.94 Å². The first kappa shape index (κ1) is 9.58. The zero-order chi connectivity index (χ0) is 9.84. The van der Waals surface area contributed by atoms with Crippen molar-refractivity contribution in [3.8, 4) is 5.75 Å². The molecule has 0 radical (unpaired) electrons. The minimum atomic E-state index is 0.300. The molecule has 3 nitrogen and oxygen atoms in total. The van der Waals surface area contributed by atoms with Crippen LogP contribution in [0.1, 0.15) is 18.1 Å². The van der Waals surface area contributed by atoms with Crippen LogP contribution in [0.25, 0.3) is 0 Å². The van der Waals surface area contributed by atoms with Crippen LogP contribution in [0.3, 0.4) is 0 Å². The maximum Gasteiger partial charge on any atom is 0.118 e. The Morgan fingerprint density at radius 1 is 1.46 bits per heavy atom. The molecule has 0 aliphatic rings. The zero-order valence-corrected chi connectivity index (χ0v) is 8.03. The second-order valence-electron chi connectivity index (χ2n) is 2.86. The summed E-state index contributed by atoms with van der Waals surface area (Å²) < 4.78 is 0. The van der Waals surface area contributed by atoms with Crippen LogP contribution < -0.4 is 0 Å². The largest absolute Gasteiger partial charge is 0.508 e. The first-order valence-corrected chi connectivity index (χ1v) is 4.03. The SMILES string of the molecule is CON=C(C)c1ccc(O)c(C)c1. The van der Waals surface area contributed by atoms with E-state index in [0.29, 0.717) is 5.75 Å². The van der Waals surface area contributed by atoms with Crippen LogP contribution in [0.15, 0.2) is 23.4 Å².